The quantitative estimate of drug-likeness (QED) is 0.0161. The third-order valence-corrected chi connectivity index (χ3v) is 13.1. The number of amides is 1. The molecule has 0 fully saturated rings. The number of nitrogens with one attached hydrogen (secondary N) is 1. The van der Waals surface area contributed by atoms with Crippen LogP contribution in [-0.4, -0.2) is 69.4 Å². The van der Waals surface area contributed by atoms with E-state index < -0.39 is 32.5 Å². The summed E-state index contributed by atoms with van der Waals surface area (Å²) in [5.41, 5.74) is 0. The largest absolute Gasteiger partial charge is 0.756 e. The van der Waals surface area contributed by atoms with Crippen molar-refractivity contribution in [3.05, 3.63) is 158 Å². The second-order valence-corrected chi connectivity index (χ2v) is 21.9. The van der Waals surface area contributed by atoms with Crippen molar-refractivity contribution in [2.24, 2.45) is 0 Å². The summed E-state index contributed by atoms with van der Waals surface area (Å²) in [6, 6.07) is -0.943. The highest BCUT2D eigenvalue weighted by Gasteiger charge is 2.27. The van der Waals surface area contributed by atoms with Crippen molar-refractivity contribution in [3.63, 3.8) is 0 Å². The zero-order chi connectivity index (χ0) is 56.4. The van der Waals surface area contributed by atoms with Crippen molar-refractivity contribution in [2.45, 2.75) is 213 Å². The van der Waals surface area contributed by atoms with Gasteiger partial charge >= 0.3 is 5.97 Å². The molecule has 0 radical (unpaired) electrons. The summed E-state index contributed by atoms with van der Waals surface area (Å²) in [6.45, 7) is 6.48. The van der Waals surface area contributed by atoms with E-state index in [1.165, 1.54) is 57.8 Å². The van der Waals surface area contributed by atoms with Gasteiger partial charge in [0.1, 0.15) is 19.3 Å². The maximum Gasteiger partial charge on any atom is 0.306 e. The zero-order valence-corrected chi connectivity index (χ0v) is 50.2. The predicted molar refractivity (Wildman–Crippen MR) is 329 cm³/mol. The van der Waals surface area contributed by atoms with Crippen LogP contribution in [0.4, 0.5) is 0 Å². The number of unbranched alkanes of at least 4 members (excludes halogenated alkanes) is 16. The standard InChI is InChI=1S/C67H109N2O7P/c1-7-10-13-16-19-22-25-28-30-32-33-34-35-37-39-42-45-48-51-54-57-60-67(71)76-65(58-55-52-49-46-43-40-27-24-21-18-15-12-9-3)64(63-75-77(72,73)74-62-61-69(4,5)6)68-66(70)59-56-53-50-47-44-41-38-36-31-29-26-23-20-17-14-11-8-2/h10-11,13-14,17,19-20,22-23,26,28-31,33-34,36-39,41,44-45,48,55,58,64-65H,7-9,12,15-16,18,21,24-25,27,32,35,40,42-43,46-47,49-54,56-57,59-63H2,1-6H3,(H-,68,70,72,73)/b13-10-,14-11-,20-17+,22-19-,26-23+,30-28-,31-29-,34-33-,38-36+,39-37-,44-41+,48-45-,58-55+. The van der Waals surface area contributed by atoms with Crippen LogP contribution < -0.4 is 10.2 Å². The average Bonchev–Trinajstić information content (AvgIpc) is 3.39. The number of esters is 1. The van der Waals surface area contributed by atoms with Gasteiger partial charge in [-0.25, -0.2) is 0 Å². The molecule has 1 N–H and O–H groups in total. The molecule has 434 valence electrons. The number of hydrogen-bond donors (Lipinski definition) is 1. The summed E-state index contributed by atoms with van der Waals surface area (Å²) in [5, 5.41) is 2.98. The Morgan fingerprint density at radius 2 is 0.896 bits per heavy atom. The van der Waals surface area contributed by atoms with E-state index in [9.17, 15) is 19.0 Å². The van der Waals surface area contributed by atoms with Crippen molar-refractivity contribution in [1.29, 1.82) is 0 Å². The summed E-state index contributed by atoms with van der Waals surface area (Å²) in [6.07, 6.45) is 80.7. The molecule has 9 nitrogen and oxygen atoms in total. The fourth-order valence-corrected chi connectivity index (χ4v) is 8.28. The zero-order valence-electron chi connectivity index (χ0n) is 49.3. The molecule has 77 heavy (non-hydrogen) atoms. The van der Waals surface area contributed by atoms with E-state index in [1.54, 1.807) is 6.08 Å². The Morgan fingerprint density at radius 1 is 0.481 bits per heavy atom. The Labute approximate surface area is 471 Å². The summed E-state index contributed by atoms with van der Waals surface area (Å²) >= 11 is 0. The lowest BCUT2D eigenvalue weighted by atomic mass is 10.0. The first-order valence-electron chi connectivity index (χ1n) is 29.9. The Hall–Kier alpha value is -4.37. The first-order valence-corrected chi connectivity index (χ1v) is 31.3. The molecule has 0 rings (SSSR count). The van der Waals surface area contributed by atoms with Crippen LogP contribution in [0, 0.1) is 0 Å². The van der Waals surface area contributed by atoms with Gasteiger partial charge in [-0.2, -0.15) is 0 Å². The van der Waals surface area contributed by atoms with E-state index in [-0.39, 0.29) is 25.4 Å². The first kappa shape index (κ1) is 72.6. The summed E-state index contributed by atoms with van der Waals surface area (Å²) in [5.74, 6) is -0.659. The van der Waals surface area contributed by atoms with Crippen LogP contribution in [0.25, 0.3) is 0 Å². The van der Waals surface area contributed by atoms with Crippen LogP contribution in [0.5, 0.6) is 0 Å². The minimum Gasteiger partial charge on any atom is -0.756 e. The van der Waals surface area contributed by atoms with E-state index in [4.69, 9.17) is 13.8 Å². The Balaban J connectivity index is 5.52. The molecule has 0 aromatic rings. The van der Waals surface area contributed by atoms with E-state index in [1.807, 2.05) is 88.0 Å². The summed E-state index contributed by atoms with van der Waals surface area (Å²) in [4.78, 5) is 39.9. The number of hydrogen-bond acceptors (Lipinski definition) is 7. The Kier molecular flexibility index (Phi) is 51.8. The maximum absolute atomic E-state index is 13.5. The van der Waals surface area contributed by atoms with Crippen LogP contribution in [0.1, 0.15) is 201 Å². The average molecular weight is 1090 g/mol. The van der Waals surface area contributed by atoms with E-state index in [0.29, 0.717) is 23.9 Å². The fourth-order valence-electron chi connectivity index (χ4n) is 7.55. The lowest BCUT2D eigenvalue weighted by Crippen LogP contribution is -2.47. The molecule has 0 spiro atoms. The SMILES string of the molecule is CC\C=C/C=C/C=C/C=C\C=C\C=C\CCCCCC(=O)NC(COP(=O)([O-])OCC[N+](C)(C)C)C(/C=C/CCCCCCCCCCCCC)OC(=O)CCCC/C=C\C/C=C\C/C=C\C/C=C\C/C=C\C/C=C\CC. The maximum atomic E-state index is 13.5. The van der Waals surface area contributed by atoms with E-state index in [2.05, 4.69) is 111 Å². The third-order valence-electron chi connectivity index (χ3n) is 12.1. The van der Waals surface area contributed by atoms with Crippen LogP contribution >= 0.6 is 7.82 Å². The number of quaternary nitrogens is 1. The van der Waals surface area contributed by atoms with Crippen molar-refractivity contribution in [2.75, 3.05) is 40.9 Å². The molecule has 0 heterocycles. The number of phosphoric acid groups is 1. The van der Waals surface area contributed by atoms with Gasteiger partial charge in [-0.1, -0.05) is 243 Å². The van der Waals surface area contributed by atoms with Crippen LogP contribution in [0.2, 0.25) is 0 Å². The van der Waals surface area contributed by atoms with Crippen molar-refractivity contribution in [3.8, 4) is 0 Å². The summed E-state index contributed by atoms with van der Waals surface area (Å²) < 4.78 is 30.2. The molecule has 0 aliphatic rings. The fraction of sp³-hybridized carbons (Fsp3) is 0.582. The van der Waals surface area contributed by atoms with Gasteiger partial charge in [-0.15, -0.1) is 0 Å². The third kappa shape index (κ3) is 56.2. The van der Waals surface area contributed by atoms with Gasteiger partial charge < -0.3 is 28.5 Å². The highest BCUT2D eigenvalue weighted by Crippen LogP contribution is 2.38. The second kappa shape index (κ2) is 55.0. The minimum absolute atomic E-state index is 0.0487. The van der Waals surface area contributed by atoms with Crippen LogP contribution in [0.15, 0.2) is 158 Å². The molecule has 0 aliphatic carbocycles. The highest BCUT2D eigenvalue weighted by atomic mass is 31.2. The van der Waals surface area contributed by atoms with Gasteiger partial charge in [0.25, 0.3) is 7.82 Å². The number of nitrogens with zero attached hydrogens (tertiary/aromatic N) is 1. The highest BCUT2D eigenvalue weighted by molar-refractivity contribution is 7.45. The molecular formula is C67H109N2O7P. The number of carbonyl (C=O) groups excluding carboxylic acids is 2. The van der Waals surface area contributed by atoms with E-state index >= 15 is 0 Å². The van der Waals surface area contributed by atoms with Crippen molar-refractivity contribution >= 4 is 19.7 Å². The molecule has 0 bridgehead atoms. The van der Waals surface area contributed by atoms with Gasteiger partial charge in [0.05, 0.1) is 33.8 Å². The van der Waals surface area contributed by atoms with Crippen LogP contribution in [0.3, 0.4) is 0 Å². The molecule has 0 aliphatic heterocycles. The minimum atomic E-state index is -4.73. The van der Waals surface area contributed by atoms with E-state index in [0.717, 1.165) is 96.3 Å². The molecule has 0 aromatic heterocycles. The van der Waals surface area contributed by atoms with Gasteiger partial charge in [-0.05, 0) is 102 Å². The lowest BCUT2D eigenvalue weighted by molar-refractivity contribution is -0.870. The van der Waals surface area contributed by atoms with Crippen molar-refractivity contribution < 1.29 is 37.3 Å². The molecule has 3 atom stereocenters. The molecule has 10 heteroatoms. The normalized spacial score (nSPS) is 14.8. The number of allylic oxidation sites excluding steroid dienone is 25. The molecule has 1 amide bonds. The topological polar surface area (TPSA) is 114 Å². The van der Waals surface area contributed by atoms with Crippen molar-refractivity contribution in [1.82, 2.24) is 5.32 Å². The molecule has 0 aromatic carbocycles. The molecule has 3 unspecified atom stereocenters. The summed E-state index contributed by atoms with van der Waals surface area (Å²) in [7, 11) is 1.10. The van der Waals surface area contributed by atoms with Gasteiger partial charge in [-0.3, -0.25) is 14.2 Å². The lowest BCUT2D eigenvalue weighted by Gasteiger charge is -2.30. The smallest absolute Gasteiger partial charge is 0.306 e. The monoisotopic (exact) mass is 1080 g/mol. The molecule has 0 saturated heterocycles. The number of phosphoric ester groups is 1. The Bertz CT molecular complexity index is 1870. The Morgan fingerprint density at radius 3 is 1.42 bits per heavy atom. The van der Waals surface area contributed by atoms with Gasteiger partial charge in [0.2, 0.25) is 5.91 Å². The predicted octanol–water partition coefficient (Wildman–Crippen LogP) is 17.8. The second-order valence-electron chi connectivity index (χ2n) is 20.5. The molecule has 0 saturated carbocycles. The number of carbonyl (C=O) groups is 2. The first-order chi connectivity index (χ1) is 37.4. The number of rotatable bonds is 51. The van der Waals surface area contributed by atoms with Crippen LogP contribution in [-0.2, 0) is 27.9 Å². The number of ether oxygens (including phenoxy) is 1. The molecular weight excluding hydrogens is 976 g/mol. The van der Waals surface area contributed by atoms with Gasteiger partial charge in [0, 0.05) is 12.8 Å². The van der Waals surface area contributed by atoms with Gasteiger partial charge in [0.15, 0.2) is 0 Å². The number of likely N-dealkylation sites (N-methyl/N-ethyl adjacent to an activating group) is 1.